The summed E-state index contributed by atoms with van der Waals surface area (Å²) in [5.74, 6) is 0.895. The summed E-state index contributed by atoms with van der Waals surface area (Å²) in [6.45, 7) is 3.48. The van der Waals surface area contributed by atoms with Crippen molar-refractivity contribution in [2.24, 2.45) is 0 Å². The van der Waals surface area contributed by atoms with Gasteiger partial charge in [0.15, 0.2) is 0 Å². The van der Waals surface area contributed by atoms with Crippen molar-refractivity contribution in [3.05, 3.63) is 54.6 Å². The van der Waals surface area contributed by atoms with Crippen molar-refractivity contribution in [1.82, 2.24) is 0 Å². The molecule has 0 spiro atoms. The highest BCUT2D eigenvalue weighted by Crippen LogP contribution is 2.28. The van der Waals surface area contributed by atoms with Crippen LogP contribution in [0.25, 0.3) is 11.1 Å². The fraction of sp³-hybridized carbons (Fsp3) is 0.250. The summed E-state index contributed by atoms with van der Waals surface area (Å²) in [6.07, 6.45) is 0. The number of hydrogen-bond donors (Lipinski definition) is 0. The van der Waals surface area contributed by atoms with Crippen LogP contribution in [-0.4, -0.2) is 18.8 Å². The summed E-state index contributed by atoms with van der Waals surface area (Å²) in [7, 11) is 0. The molecule has 3 rings (SSSR count). The molecule has 1 atom stereocenters. The predicted octanol–water partition coefficient (Wildman–Crippen LogP) is 3.52. The minimum atomic E-state index is -0.0574. The van der Waals surface area contributed by atoms with Crippen LogP contribution in [0.15, 0.2) is 54.6 Å². The van der Waals surface area contributed by atoms with E-state index in [4.69, 9.17) is 9.47 Å². The van der Waals surface area contributed by atoms with Crippen LogP contribution in [0, 0.1) is 0 Å². The van der Waals surface area contributed by atoms with E-state index in [1.54, 1.807) is 0 Å². The Bertz CT molecular complexity index is 513. The van der Waals surface area contributed by atoms with Gasteiger partial charge in [0.25, 0.3) is 0 Å². The fourth-order valence-corrected chi connectivity index (χ4v) is 1.82. The summed E-state index contributed by atoms with van der Waals surface area (Å²) in [4.78, 5) is 0. The molecule has 1 heterocycles. The molecule has 1 aliphatic heterocycles. The molecular weight excluding hydrogens is 224 g/mol. The Hall–Kier alpha value is -1.80. The van der Waals surface area contributed by atoms with Gasteiger partial charge in [-0.1, -0.05) is 42.5 Å². The van der Waals surface area contributed by atoms with E-state index in [0.717, 1.165) is 12.4 Å². The Labute approximate surface area is 107 Å². The Kier molecular flexibility index (Phi) is 2.80. The summed E-state index contributed by atoms with van der Waals surface area (Å²) in [5.41, 5.74) is 2.37. The Morgan fingerprint density at radius 3 is 2.22 bits per heavy atom. The van der Waals surface area contributed by atoms with E-state index in [0.29, 0.717) is 6.61 Å². The number of hydrogen-bond acceptors (Lipinski definition) is 2. The minimum absolute atomic E-state index is 0.0574. The first kappa shape index (κ1) is 11.3. The van der Waals surface area contributed by atoms with E-state index < -0.39 is 0 Å². The van der Waals surface area contributed by atoms with E-state index in [2.05, 4.69) is 31.2 Å². The van der Waals surface area contributed by atoms with E-state index in [-0.39, 0.29) is 5.60 Å². The summed E-state index contributed by atoms with van der Waals surface area (Å²) < 4.78 is 11.0. The van der Waals surface area contributed by atoms with Gasteiger partial charge in [-0.25, -0.2) is 0 Å². The molecule has 0 aliphatic carbocycles. The van der Waals surface area contributed by atoms with Gasteiger partial charge in [-0.3, -0.25) is 0 Å². The normalized spacial score (nSPS) is 21.6. The van der Waals surface area contributed by atoms with Gasteiger partial charge in [-0.15, -0.1) is 0 Å². The maximum absolute atomic E-state index is 5.70. The summed E-state index contributed by atoms with van der Waals surface area (Å²) in [6, 6.07) is 18.5. The van der Waals surface area contributed by atoms with Crippen molar-refractivity contribution in [3.8, 4) is 16.9 Å². The van der Waals surface area contributed by atoms with Crippen molar-refractivity contribution >= 4 is 0 Å². The van der Waals surface area contributed by atoms with Gasteiger partial charge < -0.3 is 9.47 Å². The molecule has 1 fully saturated rings. The second-order valence-electron chi connectivity index (χ2n) is 4.92. The first-order valence-corrected chi connectivity index (χ1v) is 6.17. The van der Waals surface area contributed by atoms with Gasteiger partial charge in [0.2, 0.25) is 0 Å². The Morgan fingerprint density at radius 1 is 1.00 bits per heavy atom. The van der Waals surface area contributed by atoms with E-state index in [1.165, 1.54) is 11.1 Å². The molecular formula is C16H16O2. The largest absolute Gasteiger partial charge is 0.491 e. The molecule has 18 heavy (non-hydrogen) atoms. The van der Waals surface area contributed by atoms with Crippen LogP contribution < -0.4 is 4.74 Å². The van der Waals surface area contributed by atoms with Crippen LogP contribution in [0.4, 0.5) is 0 Å². The smallest absolute Gasteiger partial charge is 0.123 e. The van der Waals surface area contributed by atoms with Gasteiger partial charge in [-0.05, 0) is 30.2 Å². The fourth-order valence-electron chi connectivity index (χ4n) is 1.82. The van der Waals surface area contributed by atoms with Gasteiger partial charge in [0.05, 0.1) is 6.61 Å². The van der Waals surface area contributed by atoms with Crippen molar-refractivity contribution in [1.29, 1.82) is 0 Å². The molecule has 0 bridgehead atoms. The molecule has 2 nitrogen and oxygen atoms in total. The average Bonchev–Trinajstić information content (AvgIpc) is 3.17. The van der Waals surface area contributed by atoms with Gasteiger partial charge in [0.1, 0.15) is 18.0 Å². The molecule has 92 valence electrons. The molecule has 0 N–H and O–H groups in total. The van der Waals surface area contributed by atoms with Crippen LogP contribution >= 0.6 is 0 Å². The summed E-state index contributed by atoms with van der Waals surface area (Å²) >= 11 is 0. The quantitative estimate of drug-likeness (QED) is 0.763. The SMILES string of the molecule is CC1(COc2ccc(-c3ccccc3)cc2)CO1. The second kappa shape index (κ2) is 4.46. The standard InChI is InChI=1S/C16H16O2/c1-16(12-18-16)11-17-15-9-7-14(8-10-15)13-5-3-2-4-6-13/h2-10H,11-12H2,1H3. The van der Waals surface area contributed by atoms with Crippen LogP contribution in [0.3, 0.4) is 0 Å². The van der Waals surface area contributed by atoms with E-state index >= 15 is 0 Å². The molecule has 1 saturated heterocycles. The number of benzene rings is 2. The Balaban J connectivity index is 1.69. The molecule has 2 aromatic rings. The summed E-state index contributed by atoms with van der Waals surface area (Å²) in [5, 5.41) is 0. The van der Waals surface area contributed by atoms with Crippen LogP contribution in [0.5, 0.6) is 5.75 Å². The highest BCUT2D eigenvalue weighted by molar-refractivity contribution is 5.63. The topological polar surface area (TPSA) is 21.8 Å². The zero-order chi connectivity index (χ0) is 12.4. The molecule has 0 amide bonds. The zero-order valence-corrected chi connectivity index (χ0v) is 10.4. The predicted molar refractivity (Wildman–Crippen MR) is 71.7 cm³/mol. The van der Waals surface area contributed by atoms with Gasteiger partial charge >= 0.3 is 0 Å². The number of rotatable bonds is 4. The maximum atomic E-state index is 5.70. The Morgan fingerprint density at radius 2 is 1.61 bits per heavy atom. The molecule has 2 heteroatoms. The monoisotopic (exact) mass is 240 g/mol. The first-order chi connectivity index (χ1) is 8.75. The minimum Gasteiger partial charge on any atom is -0.491 e. The van der Waals surface area contributed by atoms with Crippen molar-refractivity contribution in [2.75, 3.05) is 13.2 Å². The van der Waals surface area contributed by atoms with Crippen LogP contribution in [-0.2, 0) is 4.74 Å². The lowest BCUT2D eigenvalue weighted by Gasteiger charge is -2.09. The van der Waals surface area contributed by atoms with Crippen molar-refractivity contribution < 1.29 is 9.47 Å². The highest BCUT2D eigenvalue weighted by Gasteiger charge is 2.40. The molecule has 0 aromatic heterocycles. The highest BCUT2D eigenvalue weighted by atomic mass is 16.6. The third kappa shape index (κ3) is 2.54. The van der Waals surface area contributed by atoms with Gasteiger partial charge in [-0.2, -0.15) is 0 Å². The van der Waals surface area contributed by atoms with Crippen molar-refractivity contribution in [2.45, 2.75) is 12.5 Å². The number of epoxide rings is 1. The lowest BCUT2D eigenvalue weighted by Crippen LogP contribution is -2.16. The second-order valence-corrected chi connectivity index (χ2v) is 4.92. The van der Waals surface area contributed by atoms with E-state index in [9.17, 15) is 0 Å². The third-order valence-electron chi connectivity index (χ3n) is 3.14. The van der Waals surface area contributed by atoms with Crippen LogP contribution in [0.1, 0.15) is 6.92 Å². The lowest BCUT2D eigenvalue weighted by atomic mass is 10.1. The van der Waals surface area contributed by atoms with Crippen molar-refractivity contribution in [3.63, 3.8) is 0 Å². The average molecular weight is 240 g/mol. The lowest BCUT2D eigenvalue weighted by molar-refractivity contribution is 0.202. The van der Waals surface area contributed by atoms with Crippen LogP contribution in [0.2, 0.25) is 0 Å². The number of ether oxygens (including phenoxy) is 2. The first-order valence-electron chi connectivity index (χ1n) is 6.17. The molecule has 2 aromatic carbocycles. The van der Waals surface area contributed by atoms with Gasteiger partial charge in [0, 0.05) is 0 Å². The zero-order valence-electron chi connectivity index (χ0n) is 10.4. The molecule has 1 unspecified atom stereocenters. The molecule has 0 radical (unpaired) electrons. The maximum Gasteiger partial charge on any atom is 0.123 e. The van der Waals surface area contributed by atoms with E-state index in [1.807, 2.05) is 30.3 Å². The molecule has 0 saturated carbocycles. The molecule has 1 aliphatic rings. The third-order valence-corrected chi connectivity index (χ3v) is 3.14.